The first kappa shape index (κ1) is 15.7. The van der Waals surface area contributed by atoms with Gasteiger partial charge in [-0.2, -0.15) is 5.10 Å². The highest BCUT2D eigenvalue weighted by molar-refractivity contribution is 7.89. The van der Waals surface area contributed by atoms with Gasteiger partial charge < -0.3 is 5.73 Å². The first-order valence-electron chi connectivity index (χ1n) is 6.80. The van der Waals surface area contributed by atoms with Gasteiger partial charge in [0.15, 0.2) is 0 Å². The quantitative estimate of drug-likeness (QED) is 0.712. The molecule has 7 heteroatoms. The summed E-state index contributed by atoms with van der Waals surface area (Å²) in [5.41, 5.74) is 8.24. The van der Waals surface area contributed by atoms with E-state index < -0.39 is 10.0 Å². The van der Waals surface area contributed by atoms with Crippen molar-refractivity contribution in [3.8, 4) is 0 Å². The Bertz CT molecular complexity index is 677. The van der Waals surface area contributed by atoms with E-state index in [1.165, 1.54) is 0 Å². The van der Waals surface area contributed by atoms with E-state index in [1.54, 1.807) is 18.3 Å². The summed E-state index contributed by atoms with van der Waals surface area (Å²) in [7, 11) is -3.51. The van der Waals surface area contributed by atoms with E-state index >= 15 is 0 Å². The van der Waals surface area contributed by atoms with E-state index in [1.807, 2.05) is 19.1 Å². The van der Waals surface area contributed by atoms with Crippen LogP contribution >= 0.6 is 0 Å². The first-order chi connectivity index (χ1) is 10.0. The van der Waals surface area contributed by atoms with E-state index in [9.17, 15) is 8.42 Å². The van der Waals surface area contributed by atoms with Crippen LogP contribution < -0.4 is 10.5 Å². The second-order valence-electron chi connectivity index (χ2n) is 4.88. The summed E-state index contributed by atoms with van der Waals surface area (Å²) in [6, 6.07) is 6.90. The second kappa shape index (κ2) is 6.84. The predicted octanol–water partition coefficient (Wildman–Crippen LogP) is 1.09. The fourth-order valence-corrected chi connectivity index (χ4v) is 2.96. The van der Waals surface area contributed by atoms with Gasteiger partial charge in [0.1, 0.15) is 0 Å². The number of benzene rings is 1. The summed E-state index contributed by atoms with van der Waals surface area (Å²) in [4.78, 5) is 0.264. The van der Waals surface area contributed by atoms with Crippen molar-refractivity contribution in [2.24, 2.45) is 5.73 Å². The van der Waals surface area contributed by atoms with E-state index in [4.69, 9.17) is 5.73 Å². The molecule has 0 bridgehead atoms. The molecule has 0 aliphatic rings. The Labute approximate surface area is 124 Å². The third-order valence-electron chi connectivity index (χ3n) is 3.29. The van der Waals surface area contributed by atoms with Gasteiger partial charge in [-0.25, -0.2) is 13.1 Å². The second-order valence-corrected chi connectivity index (χ2v) is 6.65. The van der Waals surface area contributed by atoms with Crippen molar-refractivity contribution in [2.45, 2.75) is 31.2 Å². The molecular formula is C14H20N4O2S. The summed E-state index contributed by atoms with van der Waals surface area (Å²) >= 11 is 0. The van der Waals surface area contributed by atoms with Crippen molar-refractivity contribution >= 4 is 10.0 Å². The zero-order valence-electron chi connectivity index (χ0n) is 12.0. The number of hydrogen-bond donors (Lipinski definition) is 3. The Kier molecular flexibility index (Phi) is 5.11. The van der Waals surface area contributed by atoms with Crippen LogP contribution in [0.25, 0.3) is 0 Å². The zero-order chi connectivity index (χ0) is 15.3. The van der Waals surface area contributed by atoms with Crippen LogP contribution in [0.1, 0.15) is 23.2 Å². The average molecular weight is 308 g/mol. The van der Waals surface area contributed by atoms with Crippen molar-refractivity contribution in [3.63, 3.8) is 0 Å². The maximum Gasteiger partial charge on any atom is 0.240 e. The van der Waals surface area contributed by atoms with Crippen molar-refractivity contribution in [1.29, 1.82) is 0 Å². The maximum atomic E-state index is 12.2. The number of nitrogens with one attached hydrogen (secondary N) is 2. The van der Waals surface area contributed by atoms with Crippen LogP contribution in [-0.4, -0.2) is 25.2 Å². The van der Waals surface area contributed by atoms with Crippen molar-refractivity contribution in [2.75, 3.05) is 6.54 Å². The van der Waals surface area contributed by atoms with Crippen molar-refractivity contribution in [3.05, 3.63) is 47.3 Å². The molecule has 4 N–H and O–H groups in total. The summed E-state index contributed by atoms with van der Waals surface area (Å²) in [6.07, 6.45) is 3.37. The largest absolute Gasteiger partial charge is 0.330 e. The van der Waals surface area contributed by atoms with E-state index in [-0.39, 0.29) is 11.4 Å². The van der Waals surface area contributed by atoms with E-state index in [0.717, 1.165) is 29.7 Å². The lowest BCUT2D eigenvalue weighted by atomic mass is 10.1. The van der Waals surface area contributed by atoms with Gasteiger partial charge in [0.25, 0.3) is 0 Å². The van der Waals surface area contributed by atoms with Crippen molar-refractivity contribution < 1.29 is 8.42 Å². The number of aromatic amines is 1. The molecule has 0 aliphatic carbocycles. The van der Waals surface area contributed by atoms with Gasteiger partial charge in [-0.15, -0.1) is 0 Å². The number of hydrogen-bond acceptors (Lipinski definition) is 4. The molecule has 0 unspecified atom stereocenters. The smallest absolute Gasteiger partial charge is 0.240 e. The monoisotopic (exact) mass is 308 g/mol. The SMILES string of the molecule is Cc1[nH]ncc1CNS(=O)(=O)c1ccc(CCCN)cc1. The van der Waals surface area contributed by atoms with Crippen LogP contribution in [-0.2, 0) is 23.0 Å². The number of rotatable bonds is 7. The Morgan fingerprint density at radius 2 is 2.00 bits per heavy atom. The summed E-state index contributed by atoms with van der Waals surface area (Å²) in [6.45, 7) is 2.70. The standard InChI is InChI=1S/C14H20N4O2S/c1-11-13(9-16-18-11)10-17-21(19,20)14-6-4-12(5-7-14)3-2-8-15/h4-7,9,17H,2-3,8,10,15H2,1H3,(H,16,18). The lowest BCUT2D eigenvalue weighted by molar-refractivity contribution is 0.581. The molecule has 6 nitrogen and oxygen atoms in total. The van der Waals surface area contributed by atoms with Gasteiger partial charge in [-0.3, -0.25) is 5.10 Å². The predicted molar refractivity (Wildman–Crippen MR) is 81.2 cm³/mol. The van der Waals surface area contributed by atoms with Crippen LogP contribution in [0.15, 0.2) is 35.4 Å². The third-order valence-corrected chi connectivity index (χ3v) is 4.71. The molecule has 0 amide bonds. The number of H-pyrrole nitrogens is 1. The highest BCUT2D eigenvalue weighted by atomic mass is 32.2. The van der Waals surface area contributed by atoms with Crippen LogP contribution in [0.5, 0.6) is 0 Å². The minimum absolute atomic E-state index is 0.222. The van der Waals surface area contributed by atoms with Gasteiger partial charge in [0.05, 0.1) is 11.1 Å². The fourth-order valence-electron chi connectivity index (χ4n) is 1.95. The summed E-state index contributed by atoms with van der Waals surface area (Å²) in [5, 5.41) is 6.64. The molecular weight excluding hydrogens is 288 g/mol. The molecule has 0 atom stereocenters. The number of aryl methyl sites for hydroxylation is 2. The third kappa shape index (κ3) is 4.13. The Hall–Kier alpha value is -1.70. The molecule has 0 spiro atoms. The van der Waals surface area contributed by atoms with Crippen LogP contribution in [0.2, 0.25) is 0 Å². The normalized spacial score (nSPS) is 11.7. The molecule has 2 rings (SSSR count). The molecule has 1 aromatic carbocycles. The van der Waals surface area contributed by atoms with E-state index in [2.05, 4.69) is 14.9 Å². The maximum absolute atomic E-state index is 12.2. The average Bonchev–Trinajstić information content (AvgIpc) is 2.89. The van der Waals surface area contributed by atoms with Crippen LogP contribution in [0.4, 0.5) is 0 Å². The van der Waals surface area contributed by atoms with Gasteiger partial charge in [-0.05, 0) is 44.0 Å². The summed E-state index contributed by atoms with van der Waals surface area (Å²) in [5.74, 6) is 0. The molecule has 21 heavy (non-hydrogen) atoms. The topological polar surface area (TPSA) is 101 Å². The molecule has 1 aromatic heterocycles. The first-order valence-corrected chi connectivity index (χ1v) is 8.29. The van der Waals surface area contributed by atoms with Gasteiger partial charge in [0, 0.05) is 17.8 Å². The number of nitrogens with two attached hydrogens (primary N) is 1. The molecule has 2 aromatic rings. The van der Waals surface area contributed by atoms with Gasteiger partial charge >= 0.3 is 0 Å². The lowest BCUT2D eigenvalue weighted by Gasteiger charge is -2.07. The Morgan fingerprint density at radius 3 is 2.57 bits per heavy atom. The molecule has 114 valence electrons. The number of nitrogens with zero attached hydrogens (tertiary/aromatic N) is 1. The van der Waals surface area contributed by atoms with E-state index in [0.29, 0.717) is 6.54 Å². The molecule has 0 saturated carbocycles. The van der Waals surface area contributed by atoms with Gasteiger partial charge in [0.2, 0.25) is 10.0 Å². The number of aromatic nitrogens is 2. The van der Waals surface area contributed by atoms with Gasteiger partial charge in [-0.1, -0.05) is 12.1 Å². The lowest BCUT2D eigenvalue weighted by Crippen LogP contribution is -2.23. The minimum atomic E-state index is -3.51. The highest BCUT2D eigenvalue weighted by Crippen LogP contribution is 2.13. The Balaban J connectivity index is 2.03. The Morgan fingerprint density at radius 1 is 1.29 bits per heavy atom. The molecule has 0 saturated heterocycles. The molecule has 1 heterocycles. The molecule has 0 fully saturated rings. The molecule has 0 aliphatic heterocycles. The van der Waals surface area contributed by atoms with Crippen LogP contribution in [0.3, 0.4) is 0 Å². The zero-order valence-corrected chi connectivity index (χ0v) is 12.8. The summed E-state index contributed by atoms with van der Waals surface area (Å²) < 4.78 is 27.0. The number of sulfonamides is 1. The van der Waals surface area contributed by atoms with Crippen LogP contribution in [0, 0.1) is 6.92 Å². The fraction of sp³-hybridized carbons (Fsp3) is 0.357. The highest BCUT2D eigenvalue weighted by Gasteiger charge is 2.14. The molecule has 0 radical (unpaired) electrons. The van der Waals surface area contributed by atoms with Crippen molar-refractivity contribution in [1.82, 2.24) is 14.9 Å². The minimum Gasteiger partial charge on any atom is -0.330 e.